The zero-order valence-corrected chi connectivity index (χ0v) is 24.9. The number of rotatable bonds is 15. The molecule has 0 bridgehead atoms. The summed E-state index contributed by atoms with van der Waals surface area (Å²) in [6, 6.07) is 3.12. The molecule has 0 radical (unpaired) electrons. The minimum absolute atomic E-state index is 0.0107. The second-order valence-corrected chi connectivity index (χ2v) is 10.8. The number of alkyl carbamates (subject to hydrolysis) is 1. The molecule has 40 heavy (non-hydrogen) atoms. The fourth-order valence-electron chi connectivity index (χ4n) is 4.21. The Morgan fingerprint density at radius 1 is 1.00 bits per heavy atom. The Bertz CT molecular complexity index is 1020. The van der Waals surface area contributed by atoms with Gasteiger partial charge in [-0.15, -0.1) is 0 Å². The number of carbonyl (C=O) groups is 5. The Kier molecular flexibility index (Phi) is 14.2. The van der Waals surface area contributed by atoms with Gasteiger partial charge in [-0.1, -0.05) is 49.1 Å². The van der Waals surface area contributed by atoms with Crippen LogP contribution in [0.3, 0.4) is 0 Å². The molecule has 0 aliphatic rings. The molecule has 1 aromatic rings. The van der Waals surface area contributed by atoms with E-state index in [4.69, 9.17) is 15.2 Å². The monoisotopic (exact) mass is 562 g/mol. The van der Waals surface area contributed by atoms with Gasteiger partial charge in [-0.3, -0.25) is 19.2 Å². The van der Waals surface area contributed by atoms with Crippen molar-refractivity contribution in [1.29, 1.82) is 0 Å². The Hall–Kier alpha value is -3.63. The molecule has 2 atom stereocenters. The van der Waals surface area contributed by atoms with Crippen molar-refractivity contribution in [2.45, 2.75) is 98.3 Å². The summed E-state index contributed by atoms with van der Waals surface area (Å²) in [5.41, 5.74) is 6.94. The lowest BCUT2D eigenvalue weighted by Crippen LogP contribution is -2.54. The summed E-state index contributed by atoms with van der Waals surface area (Å²) >= 11 is 0. The topological polar surface area (TPSA) is 157 Å². The van der Waals surface area contributed by atoms with Crippen molar-refractivity contribution < 1.29 is 33.4 Å². The molecule has 11 heteroatoms. The molecule has 4 N–H and O–H groups in total. The van der Waals surface area contributed by atoms with Crippen molar-refractivity contribution in [2.75, 3.05) is 19.7 Å². The van der Waals surface area contributed by atoms with Crippen LogP contribution in [0.25, 0.3) is 0 Å². The number of hydrogen-bond acceptors (Lipinski definition) is 7. The molecule has 0 aliphatic carbocycles. The summed E-state index contributed by atoms with van der Waals surface area (Å²) in [7, 11) is 0. The van der Waals surface area contributed by atoms with Crippen LogP contribution in [0, 0.1) is 13.8 Å². The van der Waals surface area contributed by atoms with Gasteiger partial charge >= 0.3 is 12.1 Å². The molecule has 0 fully saturated rings. The molecule has 0 spiro atoms. The second kappa shape index (κ2) is 16.5. The van der Waals surface area contributed by atoms with Crippen molar-refractivity contribution in [1.82, 2.24) is 15.5 Å². The lowest BCUT2D eigenvalue weighted by atomic mass is 9.97. The smallest absolute Gasteiger partial charge is 0.408 e. The third-order valence-electron chi connectivity index (χ3n) is 5.73. The number of amides is 4. The molecule has 1 aromatic carbocycles. The summed E-state index contributed by atoms with van der Waals surface area (Å²) in [5, 5.41) is 5.22. The Morgan fingerprint density at radius 2 is 1.62 bits per heavy atom. The van der Waals surface area contributed by atoms with Gasteiger partial charge in [-0.25, -0.2) is 4.79 Å². The number of hydrogen-bond donors (Lipinski definition) is 3. The molecule has 0 aromatic heterocycles. The van der Waals surface area contributed by atoms with Crippen LogP contribution < -0.4 is 16.4 Å². The molecule has 1 rings (SSSR count). The summed E-state index contributed by atoms with van der Waals surface area (Å²) < 4.78 is 10.2. The number of nitrogens with zero attached hydrogens (tertiary/aromatic N) is 1. The molecule has 2 unspecified atom stereocenters. The van der Waals surface area contributed by atoms with Gasteiger partial charge < -0.3 is 30.7 Å². The van der Waals surface area contributed by atoms with Gasteiger partial charge in [0.15, 0.2) is 0 Å². The fourth-order valence-corrected chi connectivity index (χ4v) is 4.21. The van der Waals surface area contributed by atoms with Crippen molar-refractivity contribution in [3.05, 3.63) is 34.9 Å². The van der Waals surface area contributed by atoms with E-state index >= 15 is 0 Å². The van der Waals surface area contributed by atoms with Gasteiger partial charge in [-0.2, -0.15) is 0 Å². The fraction of sp³-hybridized carbons (Fsp3) is 0.621. The van der Waals surface area contributed by atoms with Gasteiger partial charge in [0.2, 0.25) is 17.7 Å². The van der Waals surface area contributed by atoms with E-state index in [0.717, 1.165) is 24.0 Å². The average molecular weight is 563 g/mol. The van der Waals surface area contributed by atoms with Crippen LogP contribution in [-0.4, -0.2) is 66.0 Å². The van der Waals surface area contributed by atoms with Gasteiger partial charge in [0.05, 0.1) is 19.4 Å². The minimum atomic E-state index is -1.35. The number of nitrogens with two attached hydrogens (primary N) is 1. The van der Waals surface area contributed by atoms with Gasteiger partial charge in [0.1, 0.15) is 17.7 Å². The second-order valence-electron chi connectivity index (χ2n) is 10.8. The van der Waals surface area contributed by atoms with Crippen molar-refractivity contribution in [2.24, 2.45) is 5.73 Å². The normalized spacial score (nSPS) is 12.6. The van der Waals surface area contributed by atoms with Crippen LogP contribution in [0.15, 0.2) is 18.2 Å². The van der Waals surface area contributed by atoms with E-state index in [1.54, 1.807) is 27.7 Å². The predicted octanol–water partition coefficient (Wildman–Crippen LogP) is 3.20. The van der Waals surface area contributed by atoms with Crippen LogP contribution in [0.2, 0.25) is 0 Å². The Balaban J connectivity index is 3.50. The van der Waals surface area contributed by atoms with Crippen LogP contribution in [0.4, 0.5) is 4.79 Å². The molecule has 0 heterocycles. The lowest BCUT2D eigenvalue weighted by molar-refractivity contribution is -0.144. The number of primary amides is 1. The molecule has 0 saturated heterocycles. The summed E-state index contributed by atoms with van der Waals surface area (Å²) in [4.78, 5) is 65.4. The molecule has 0 saturated carbocycles. The molecule has 224 valence electrons. The van der Waals surface area contributed by atoms with E-state index in [9.17, 15) is 24.0 Å². The quantitative estimate of drug-likeness (QED) is 0.219. The molecule has 11 nitrogen and oxygen atoms in total. The van der Waals surface area contributed by atoms with Crippen LogP contribution in [-0.2, 0) is 28.7 Å². The number of esters is 1. The first-order valence-electron chi connectivity index (χ1n) is 13.8. The van der Waals surface area contributed by atoms with Crippen LogP contribution in [0.5, 0.6) is 0 Å². The number of nitrogens with one attached hydrogen (secondary N) is 2. The molecule has 4 amide bonds. The van der Waals surface area contributed by atoms with Gasteiger partial charge in [-0.05, 0) is 53.5 Å². The molecular weight excluding hydrogens is 516 g/mol. The summed E-state index contributed by atoms with van der Waals surface area (Å²) in [6.45, 7) is 12.9. The maximum absolute atomic E-state index is 14.0. The summed E-state index contributed by atoms with van der Waals surface area (Å²) in [5.74, 6) is -2.41. The maximum atomic E-state index is 14.0. The number of benzene rings is 1. The third kappa shape index (κ3) is 12.5. The number of aryl methyl sites for hydroxylation is 2. The highest BCUT2D eigenvalue weighted by Crippen LogP contribution is 2.26. The SMILES string of the molecule is CCCCCN(C(=O)C(CC(N)=O)NC(=O)OC(C)(C)C)C(C(=O)NCCC(=O)OCC)c1cc(C)cc(C)c1. The van der Waals surface area contributed by atoms with E-state index in [-0.39, 0.29) is 26.1 Å². The van der Waals surface area contributed by atoms with E-state index < -0.39 is 53.9 Å². The van der Waals surface area contributed by atoms with Crippen molar-refractivity contribution in [3.8, 4) is 0 Å². The average Bonchev–Trinajstić information content (AvgIpc) is 2.80. The van der Waals surface area contributed by atoms with E-state index in [0.29, 0.717) is 12.0 Å². The lowest BCUT2D eigenvalue weighted by Gasteiger charge is -2.34. The Morgan fingerprint density at radius 3 is 2.15 bits per heavy atom. The highest BCUT2D eigenvalue weighted by Gasteiger charge is 2.37. The molecular formula is C29H46N4O7. The standard InChI is InChI=1S/C29H46N4O7/c1-8-10-11-14-33(27(37)22(18-23(30)34)32-28(38)40-29(5,6)7)25(21-16-19(3)15-20(4)17-21)26(36)31-13-12-24(35)39-9-2/h15-17,22,25H,8-14,18H2,1-7H3,(H2,30,34)(H,31,36)(H,32,38). The number of carbonyl (C=O) groups excluding carboxylic acids is 5. The van der Waals surface area contributed by atoms with Crippen molar-refractivity contribution in [3.63, 3.8) is 0 Å². The zero-order chi connectivity index (χ0) is 30.5. The summed E-state index contributed by atoms with van der Waals surface area (Å²) in [6.07, 6.45) is 0.828. The first kappa shape index (κ1) is 34.4. The first-order chi connectivity index (χ1) is 18.7. The highest BCUT2D eigenvalue weighted by molar-refractivity contribution is 5.94. The van der Waals surface area contributed by atoms with Crippen LogP contribution >= 0.6 is 0 Å². The maximum Gasteiger partial charge on any atom is 0.408 e. The van der Waals surface area contributed by atoms with Crippen molar-refractivity contribution >= 4 is 29.8 Å². The van der Waals surface area contributed by atoms with Gasteiger partial charge in [0, 0.05) is 13.1 Å². The Labute approximate surface area is 237 Å². The largest absolute Gasteiger partial charge is 0.466 e. The number of ether oxygens (including phenoxy) is 2. The molecule has 0 aliphatic heterocycles. The van der Waals surface area contributed by atoms with Crippen LogP contribution in [0.1, 0.15) is 89.5 Å². The highest BCUT2D eigenvalue weighted by atomic mass is 16.6. The minimum Gasteiger partial charge on any atom is -0.466 e. The first-order valence-corrected chi connectivity index (χ1v) is 13.8. The predicted molar refractivity (Wildman–Crippen MR) is 151 cm³/mol. The van der Waals surface area contributed by atoms with E-state index in [1.807, 2.05) is 39.0 Å². The zero-order valence-electron chi connectivity index (χ0n) is 24.9. The third-order valence-corrected chi connectivity index (χ3v) is 5.73. The van der Waals surface area contributed by atoms with Gasteiger partial charge in [0.25, 0.3) is 0 Å². The van der Waals surface area contributed by atoms with E-state index in [2.05, 4.69) is 10.6 Å². The number of unbranched alkanes of at least 4 members (excludes halogenated alkanes) is 2. The van der Waals surface area contributed by atoms with E-state index in [1.165, 1.54) is 4.90 Å².